The molecule has 12 heavy (non-hydrogen) atoms. The van der Waals surface area contributed by atoms with Gasteiger partial charge in [0.05, 0.1) is 17.9 Å². The van der Waals surface area contributed by atoms with Crippen molar-refractivity contribution in [3.05, 3.63) is 18.2 Å². The van der Waals surface area contributed by atoms with Crippen LogP contribution in [0.2, 0.25) is 0 Å². The molecule has 0 aliphatic heterocycles. The standard InChI is InChI=1S/C7H11ClN2OS/c1-12(11)3-2-10-6-9-5-7(10)4-8/h5-6H,2-4H2,1H3. The van der Waals surface area contributed by atoms with E-state index < -0.39 is 10.8 Å². The first-order valence-corrected chi connectivity index (χ1v) is 5.85. The molecule has 0 fully saturated rings. The fourth-order valence-electron chi connectivity index (χ4n) is 0.888. The third-order valence-corrected chi connectivity index (χ3v) is 2.59. The van der Waals surface area contributed by atoms with Crippen LogP contribution in [-0.4, -0.2) is 25.8 Å². The molecule has 1 heterocycles. The van der Waals surface area contributed by atoms with Gasteiger partial charge < -0.3 is 4.57 Å². The number of halogens is 1. The monoisotopic (exact) mass is 206 g/mol. The van der Waals surface area contributed by atoms with Crippen LogP contribution in [0.4, 0.5) is 0 Å². The van der Waals surface area contributed by atoms with Crippen LogP contribution in [0.3, 0.4) is 0 Å². The minimum atomic E-state index is -0.752. The SMILES string of the molecule is CS(=O)CCn1cncc1CCl. The lowest BCUT2D eigenvalue weighted by molar-refractivity contribution is 0.674. The summed E-state index contributed by atoms with van der Waals surface area (Å²) >= 11 is 5.65. The number of aromatic nitrogens is 2. The first-order chi connectivity index (χ1) is 5.74. The Kier molecular flexibility index (Phi) is 3.75. The van der Waals surface area contributed by atoms with Crippen molar-refractivity contribution in [2.24, 2.45) is 0 Å². The first kappa shape index (κ1) is 9.74. The van der Waals surface area contributed by atoms with Crippen molar-refractivity contribution in [2.45, 2.75) is 12.4 Å². The summed E-state index contributed by atoms with van der Waals surface area (Å²) in [5.41, 5.74) is 0.974. The predicted octanol–water partition coefficient (Wildman–Crippen LogP) is 1.00. The van der Waals surface area contributed by atoms with Gasteiger partial charge in [-0.1, -0.05) is 0 Å². The van der Waals surface area contributed by atoms with E-state index in [4.69, 9.17) is 11.6 Å². The summed E-state index contributed by atoms with van der Waals surface area (Å²) in [6.07, 6.45) is 5.13. The highest BCUT2D eigenvalue weighted by atomic mass is 35.5. The molecule has 0 bridgehead atoms. The molecule has 1 atom stereocenters. The molecule has 68 valence electrons. The molecule has 0 aliphatic carbocycles. The van der Waals surface area contributed by atoms with Crippen molar-refractivity contribution in [2.75, 3.05) is 12.0 Å². The van der Waals surface area contributed by atoms with Gasteiger partial charge in [0, 0.05) is 35.5 Å². The summed E-state index contributed by atoms with van der Waals surface area (Å²) in [7, 11) is -0.752. The number of imidazole rings is 1. The van der Waals surface area contributed by atoms with Gasteiger partial charge >= 0.3 is 0 Å². The minimum absolute atomic E-state index is 0.455. The first-order valence-electron chi connectivity index (χ1n) is 3.59. The lowest BCUT2D eigenvalue weighted by Crippen LogP contribution is -2.07. The number of alkyl halides is 1. The number of hydrogen-bond acceptors (Lipinski definition) is 2. The van der Waals surface area contributed by atoms with E-state index in [0.29, 0.717) is 11.6 Å². The highest BCUT2D eigenvalue weighted by Crippen LogP contribution is 2.02. The zero-order chi connectivity index (χ0) is 8.97. The van der Waals surface area contributed by atoms with E-state index >= 15 is 0 Å². The molecule has 0 amide bonds. The molecule has 5 heteroatoms. The zero-order valence-corrected chi connectivity index (χ0v) is 8.44. The van der Waals surface area contributed by atoms with Crippen molar-refractivity contribution in [1.82, 2.24) is 9.55 Å². The number of nitrogens with zero attached hydrogens (tertiary/aromatic N) is 2. The quantitative estimate of drug-likeness (QED) is 0.689. The average molecular weight is 207 g/mol. The highest BCUT2D eigenvalue weighted by molar-refractivity contribution is 7.84. The maximum Gasteiger partial charge on any atom is 0.0948 e. The molecular weight excluding hydrogens is 196 g/mol. The van der Waals surface area contributed by atoms with Crippen molar-refractivity contribution in [3.63, 3.8) is 0 Å². The van der Waals surface area contributed by atoms with Gasteiger partial charge in [0.1, 0.15) is 0 Å². The van der Waals surface area contributed by atoms with Gasteiger partial charge in [-0.2, -0.15) is 0 Å². The van der Waals surface area contributed by atoms with Crippen molar-refractivity contribution >= 4 is 22.4 Å². The molecule has 0 N–H and O–H groups in total. The second kappa shape index (κ2) is 4.62. The molecule has 0 aliphatic rings. The van der Waals surface area contributed by atoms with Crippen LogP contribution in [0.1, 0.15) is 5.69 Å². The summed E-state index contributed by atoms with van der Waals surface area (Å²) in [6.45, 7) is 0.727. The smallest absolute Gasteiger partial charge is 0.0948 e. The van der Waals surface area contributed by atoms with E-state index in [1.54, 1.807) is 18.8 Å². The highest BCUT2D eigenvalue weighted by Gasteiger charge is 2.00. The molecule has 0 aromatic carbocycles. The largest absolute Gasteiger partial charge is 0.333 e. The van der Waals surface area contributed by atoms with E-state index in [9.17, 15) is 4.21 Å². The van der Waals surface area contributed by atoms with E-state index in [2.05, 4.69) is 4.98 Å². The molecule has 1 aromatic rings. The molecule has 1 rings (SSSR count). The topological polar surface area (TPSA) is 34.9 Å². The van der Waals surface area contributed by atoms with E-state index in [-0.39, 0.29) is 0 Å². The van der Waals surface area contributed by atoms with Crippen LogP contribution in [0.25, 0.3) is 0 Å². The predicted molar refractivity (Wildman–Crippen MR) is 50.7 cm³/mol. The summed E-state index contributed by atoms with van der Waals surface area (Å²) in [6, 6.07) is 0. The number of hydrogen-bond donors (Lipinski definition) is 0. The zero-order valence-electron chi connectivity index (χ0n) is 6.86. The Bertz CT molecular complexity index is 274. The van der Waals surface area contributed by atoms with Crippen molar-refractivity contribution < 1.29 is 4.21 Å². The molecule has 1 aromatic heterocycles. The lowest BCUT2D eigenvalue weighted by atomic mass is 10.5. The molecule has 0 radical (unpaired) electrons. The Morgan fingerprint density at radius 1 is 1.75 bits per heavy atom. The third-order valence-electron chi connectivity index (χ3n) is 1.56. The molecule has 0 saturated carbocycles. The molecule has 1 unspecified atom stereocenters. The Morgan fingerprint density at radius 3 is 3.08 bits per heavy atom. The van der Waals surface area contributed by atoms with Gasteiger partial charge in [0.2, 0.25) is 0 Å². The van der Waals surface area contributed by atoms with Crippen LogP contribution in [0.5, 0.6) is 0 Å². The molecule has 0 saturated heterocycles. The Morgan fingerprint density at radius 2 is 2.50 bits per heavy atom. The third kappa shape index (κ3) is 2.60. The van der Waals surface area contributed by atoms with Gasteiger partial charge in [-0.05, 0) is 0 Å². The molecular formula is C7H11ClN2OS. The van der Waals surface area contributed by atoms with Crippen molar-refractivity contribution in [1.29, 1.82) is 0 Å². The van der Waals surface area contributed by atoms with Crippen molar-refractivity contribution in [3.8, 4) is 0 Å². The normalized spacial score (nSPS) is 13.2. The summed E-state index contributed by atoms with van der Waals surface area (Å²) in [5.74, 6) is 1.11. The van der Waals surface area contributed by atoms with Crippen LogP contribution in [0, 0.1) is 0 Å². The van der Waals surface area contributed by atoms with E-state index in [1.165, 1.54) is 0 Å². The Labute approximate surface area is 79.2 Å². The average Bonchev–Trinajstić information content (AvgIpc) is 2.47. The lowest BCUT2D eigenvalue weighted by Gasteiger charge is -2.03. The fraction of sp³-hybridized carbons (Fsp3) is 0.571. The van der Waals surface area contributed by atoms with Crippen LogP contribution >= 0.6 is 11.6 Å². The molecule has 3 nitrogen and oxygen atoms in total. The fourth-order valence-corrected chi connectivity index (χ4v) is 1.56. The summed E-state index contributed by atoms with van der Waals surface area (Å²) < 4.78 is 12.7. The van der Waals surface area contributed by atoms with Gasteiger partial charge in [0.25, 0.3) is 0 Å². The second-order valence-electron chi connectivity index (χ2n) is 2.49. The van der Waals surface area contributed by atoms with Crippen LogP contribution < -0.4 is 0 Å². The second-order valence-corrected chi connectivity index (χ2v) is 4.31. The van der Waals surface area contributed by atoms with E-state index in [0.717, 1.165) is 12.2 Å². The molecule has 0 spiro atoms. The van der Waals surface area contributed by atoms with Crippen LogP contribution in [0.15, 0.2) is 12.5 Å². The van der Waals surface area contributed by atoms with Gasteiger partial charge in [-0.15, -0.1) is 11.6 Å². The van der Waals surface area contributed by atoms with Gasteiger partial charge in [-0.25, -0.2) is 4.98 Å². The van der Waals surface area contributed by atoms with Crippen LogP contribution in [-0.2, 0) is 23.2 Å². The minimum Gasteiger partial charge on any atom is -0.333 e. The summed E-state index contributed by atoms with van der Waals surface area (Å²) in [4.78, 5) is 3.95. The van der Waals surface area contributed by atoms with E-state index in [1.807, 2.05) is 4.57 Å². The Balaban J connectivity index is 2.56. The maximum absolute atomic E-state index is 10.8. The van der Waals surface area contributed by atoms with Gasteiger partial charge in [0.15, 0.2) is 0 Å². The number of aryl methyl sites for hydroxylation is 1. The van der Waals surface area contributed by atoms with Gasteiger partial charge in [-0.3, -0.25) is 4.21 Å². The summed E-state index contributed by atoms with van der Waals surface area (Å²) in [5, 5.41) is 0. The Hall–Kier alpha value is -0.350. The number of rotatable bonds is 4. The maximum atomic E-state index is 10.8.